The van der Waals surface area contributed by atoms with Crippen molar-refractivity contribution in [1.82, 2.24) is 15.5 Å². The summed E-state index contributed by atoms with van der Waals surface area (Å²) in [6.45, 7) is 2.76. The van der Waals surface area contributed by atoms with Crippen LogP contribution in [0.4, 0.5) is 5.69 Å². The summed E-state index contributed by atoms with van der Waals surface area (Å²) in [6.07, 6.45) is 4.09. The van der Waals surface area contributed by atoms with Crippen molar-refractivity contribution in [1.29, 1.82) is 0 Å². The first kappa shape index (κ1) is 25.5. The smallest absolute Gasteiger partial charge is 0.230 e. The summed E-state index contributed by atoms with van der Waals surface area (Å²) >= 11 is 0. The fraction of sp³-hybridized carbons (Fsp3) is 0.619. The van der Waals surface area contributed by atoms with E-state index in [1.807, 2.05) is 14.1 Å². The molecule has 0 radical (unpaired) electrons. The van der Waals surface area contributed by atoms with Gasteiger partial charge in [-0.25, -0.2) is 0 Å². The van der Waals surface area contributed by atoms with Crippen LogP contribution in [-0.2, 0) is 16.1 Å². The quantitative estimate of drug-likeness (QED) is 0.203. The second-order valence-electron chi connectivity index (χ2n) is 7.58. The van der Waals surface area contributed by atoms with E-state index in [0.717, 1.165) is 43.9 Å². The van der Waals surface area contributed by atoms with Gasteiger partial charge in [0.1, 0.15) is 0 Å². The highest BCUT2D eigenvalue weighted by Crippen LogP contribution is 2.38. The van der Waals surface area contributed by atoms with Crippen LogP contribution in [0.1, 0.15) is 31.2 Å². The van der Waals surface area contributed by atoms with Gasteiger partial charge in [0.25, 0.3) is 0 Å². The Kier molecular flexibility index (Phi) is 11.3. The van der Waals surface area contributed by atoms with Gasteiger partial charge in [-0.2, -0.15) is 0 Å². The molecule has 8 heteroatoms. The SMILES string of the molecule is CN=C(NCc1ccc(NCCOC)cc1)NCC1(C(=O)N(C)C)CCCC1.I. The van der Waals surface area contributed by atoms with E-state index in [9.17, 15) is 4.79 Å². The summed E-state index contributed by atoms with van der Waals surface area (Å²) in [4.78, 5) is 18.7. The summed E-state index contributed by atoms with van der Waals surface area (Å²) in [5.74, 6) is 0.935. The van der Waals surface area contributed by atoms with Crippen molar-refractivity contribution in [2.75, 3.05) is 53.3 Å². The zero-order valence-electron chi connectivity index (χ0n) is 18.1. The third-order valence-corrected chi connectivity index (χ3v) is 5.29. The molecule has 0 unspecified atom stereocenters. The zero-order chi connectivity index (χ0) is 20.4. The topological polar surface area (TPSA) is 78.0 Å². The molecular weight excluding hydrogens is 481 g/mol. The number of carbonyl (C=O) groups excluding carboxylic acids is 1. The summed E-state index contributed by atoms with van der Waals surface area (Å²) in [5, 5.41) is 10.0. The number of methoxy groups -OCH3 is 1. The highest BCUT2D eigenvalue weighted by molar-refractivity contribution is 14.0. The van der Waals surface area contributed by atoms with Gasteiger partial charge in [-0.05, 0) is 30.5 Å². The predicted octanol–water partition coefficient (Wildman–Crippen LogP) is 2.68. The second kappa shape index (κ2) is 12.9. The lowest BCUT2D eigenvalue weighted by Gasteiger charge is -2.31. The average molecular weight is 517 g/mol. The minimum atomic E-state index is -0.309. The van der Waals surface area contributed by atoms with E-state index in [1.165, 1.54) is 5.56 Å². The van der Waals surface area contributed by atoms with E-state index in [1.54, 1.807) is 19.1 Å². The number of rotatable bonds is 9. The van der Waals surface area contributed by atoms with Crippen molar-refractivity contribution in [3.63, 3.8) is 0 Å². The predicted molar refractivity (Wildman–Crippen MR) is 130 cm³/mol. The lowest BCUT2D eigenvalue weighted by atomic mass is 9.84. The number of amides is 1. The Balaban J connectivity index is 0.00000420. The number of hydrogen-bond acceptors (Lipinski definition) is 4. The van der Waals surface area contributed by atoms with Crippen molar-refractivity contribution >= 4 is 41.5 Å². The first-order valence-corrected chi connectivity index (χ1v) is 9.99. The Labute approximate surface area is 192 Å². The molecule has 29 heavy (non-hydrogen) atoms. The summed E-state index contributed by atoms with van der Waals surface area (Å²) in [5.41, 5.74) is 1.94. The van der Waals surface area contributed by atoms with Crippen LogP contribution in [0.5, 0.6) is 0 Å². The number of benzene rings is 1. The number of anilines is 1. The molecule has 0 atom stereocenters. The average Bonchev–Trinajstić information content (AvgIpc) is 3.18. The van der Waals surface area contributed by atoms with Crippen molar-refractivity contribution in [2.24, 2.45) is 10.4 Å². The van der Waals surface area contributed by atoms with Gasteiger partial charge in [0.05, 0.1) is 12.0 Å². The fourth-order valence-electron chi connectivity index (χ4n) is 3.69. The van der Waals surface area contributed by atoms with Gasteiger partial charge in [-0.3, -0.25) is 9.79 Å². The molecule has 0 aliphatic heterocycles. The number of halogens is 1. The molecule has 164 valence electrons. The molecule has 1 saturated carbocycles. The van der Waals surface area contributed by atoms with Crippen LogP contribution in [0.25, 0.3) is 0 Å². The van der Waals surface area contributed by atoms with Crippen LogP contribution in [0.2, 0.25) is 0 Å². The maximum Gasteiger partial charge on any atom is 0.230 e. The van der Waals surface area contributed by atoms with Crippen LogP contribution in [0.15, 0.2) is 29.3 Å². The van der Waals surface area contributed by atoms with E-state index >= 15 is 0 Å². The number of nitrogens with one attached hydrogen (secondary N) is 3. The van der Waals surface area contributed by atoms with Crippen molar-refractivity contribution in [3.05, 3.63) is 29.8 Å². The van der Waals surface area contributed by atoms with Gasteiger partial charge < -0.3 is 25.6 Å². The number of ether oxygens (including phenoxy) is 1. The summed E-state index contributed by atoms with van der Waals surface area (Å²) < 4.78 is 5.04. The monoisotopic (exact) mass is 517 g/mol. The highest BCUT2D eigenvalue weighted by Gasteiger charge is 2.42. The van der Waals surface area contributed by atoms with Crippen molar-refractivity contribution in [3.8, 4) is 0 Å². The standard InChI is InChI=1S/C21H35N5O2.HI/c1-22-20(25-16-21(11-5-6-12-21)19(27)26(2)3)24-15-17-7-9-18(10-8-17)23-13-14-28-4;/h7-10,23H,5-6,11-16H2,1-4H3,(H2,22,24,25);1H. The van der Waals surface area contributed by atoms with Gasteiger partial charge in [0.15, 0.2) is 5.96 Å². The zero-order valence-corrected chi connectivity index (χ0v) is 20.4. The van der Waals surface area contributed by atoms with Crippen molar-refractivity contribution < 1.29 is 9.53 Å². The lowest BCUT2D eigenvalue weighted by molar-refractivity contribution is -0.138. The Hall–Kier alpha value is -1.55. The molecule has 0 aromatic heterocycles. The third-order valence-electron chi connectivity index (χ3n) is 5.29. The van der Waals surface area contributed by atoms with Crippen molar-refractivity contribution in [2.45, 2.75) is 32.2 Å². The molecule has 1 aromatic carbocycles. The van der Waals surface area contributed by atoms with Gasteiger partial charge in [0.2, 0.25) is 5.91 Å². The van der Waals surface area contributed by atoms with Gasteiger partial charge in [0, 0.05) is 53.6 Å². The van der Waals surface area contributed by atoms with Crippen LogP contribution in [-0.4, -0.2) is 64.7 Å². The fourth-order valence-corrected chi connectivity index (χ4v) is 3.69. The number of carbonyl (C=O) groups is 1. The van der Waals surface area contributed by atoms with Gasteiger partial charge >= 0.3 is 0 Å². The molecule has 1 amide bonds. The Bertz CT molecular complexity index is 643. The molecule has 7 nitrogen and oxygen atoms in total. The number of hydrogen-bond donors (Lipinski definition) is 3. The molecule has 1 fully saturated rings. The van der Waals surface area contributed by atoms with E-state index in [-0.39, 0.29) is 35.3 Å². The van der Waals surface area contributed by atoms with E-state index in [0.29, 0.717) is 19.7 Å². The molecule has 3 N–H and O–H groups in total. The third kappa shape index (κ3) is 7.65. The number of aliphatic imine (C=N–C) groups is 1. The molecule has 0 spiro atoms. The molecule has 0 saturated heterocycles. The molecule has 0 bridgehead atoms. The highest BCUT2D eigenvalue weighted by atomic mass is 127. The van der Waals surface area contributed by atoms with Gasteiger partial charge in [-0.1, -0.05) is 25.0 Å². The van der Waals surface area contributed by atoms with E-state index in [4.69, 9.17) is 4.74 Å². The van der Waals surface area contributed by atoms with E-state index < -0.39 is 0 Å². The second-order valence-corrected chi connectivity index (χ2v) is 7.58. The van der Waals surface area contributed by atoms with E-state index in [2.05, 4.69) is 45.2 Å². The molecule has 1 aliphatic rings. The lowest BCUT2D eigenvalue weighted by Crippen LogP contribution is -2.49. The van der Waals surface area contributed by atoms with Crippen LogP contribution in [0, 0.1) is 5.41 Å². The summed E-state index contributed by atoms with van der Waals surface area (Å²) in [7, 11) is 7.13. The van der Waals surface area contributed by atoms with Gasteiger partial charge in [-0.15, -0.1) is 24.0 Å². The minimum absolute atomic E-state index is 0. The molecule has 0 heterocycles. The Morgan fingerprint density at radius 2 is 1.83 bits per heavy atom. The molecule has 1 aliphatic carbocycles. The number of guanidine groups is 1. The first-order valence-electron chi connectivity index (χ1n) is 9.99. The van der Waals surface area contributed by atoms with Crippen LogP contribution >= 0.6 is 24.0 Å². The molecule has 2 rings (SSSR count). The summed E-state index contributed by atoms with van der Waals surface area (Å²) in [6, 6.07) is 8.30. The molecule has 1 aromatic rings. The maximum atomic E-state index is 12.7. The minimum Gasteiger partial charge on any atom is -0.383 e. The normalized spacial score (nSPS) is 15.4. The maximum absolute atomic E-state index is 12.7. The largest absolute Gasteiger partial charge is 0.383 e. The Morgan fingerprint density at radius 1 is 1.17 bits per heavy atom. The number of nitrogens with zero attached hydrogens (tertiary/aromatic N) is 2. The van der Waals surface area contributed by atoms with Crippen LogP contribution in [0.3, 0.4) is 0 Å². The Morgan fingerprint density at radius 3 is 2.38 bits per heavy atom. The van der Waals surface area contributed by atoms with Crippen LogP contribution < -0.4 is 16.0 Å². The molecular formula is C21H36IN5O2. The first-order chi connectivity index (χ1) is 13.5.